The molecule has 1 N–H and O–H groups in total. The number of hydrogen-bond acceptors (Lipinski definition) is 4. The minimum absolute atomic E-state index is 0.00218. The zero-order chi connectivity index (χ0) is 20.4. The summed E-state index contributed by atoms with van der Waals surface area (Å²) in [5.74, 6) is -1.93. The molecule has 4 rings (SSSR count). The molecule has 1 aliphatic heterocycles. The summed E-state index contributed by atoms with van der Waals surface area (Å²) in [7, 11) is 0. The van der Waals surface area contributed by atoms with Crippen molar-refractivity contribution in [3.63, 3.8) is 0 Å². The number of halogens is 2. The predicted molar refractivity (Wildman–Crippen MR) is 103 cm³/mol. The topological polar surface area (TPSA) is 62.3 Å². The number of hydrogen-bond donors (Lipinski definition) is 1. The highest BCUT2D eigenvalue weighted by atomic mass is 19.1. The van der Waals surface area contributed by atoms with Crippen LogP contribution < -0.4 is 5.32 Å². The summed E-state index contributed by atoms with van der Waals surface area (Å²) in [6, 6.07) is 15.9. The first-order valence-electron chi connectivity index (χ1n) is 8.82. The van der Waals surface area contributed by atoms with E-state index in [1.54, 1.807) is 24.4 Å². The SMILES string of the molecule is O=C1C(Nc2ccc(F)cc2)=C(c2ccc(F)cc2)C(=O)N1Cc1ccccn1. The van der Waals surface area contributed by atoms with Crippen LogP contribution in [-0.4, -0.2) is 21.7 Å². The number of imide groups is 1. The molecule has 7 heteroatoms. The molecule has 0 aliphatic carbocycles. The van der Waals surface area contributed by atoms with Gasteiger partial charge in [-0.2, -0.15) is 0 Å². The van der Waals surface area contributed by atoms with Gasteiger partial charge in [0.25, 0.3) is 11.8 Å². The molecule has 0 bridgehead atoms. The Hall–Kier alpha value is -3.87. The van der Waals surface area contributed by atoms with Crippen molar-refractivity contribution in [1.82, 2.24) is 9.88 Å². The van der Waals surface area contributed by atoms with Gasteiger partial charge >= 0.3 is 0 Å². The first-order valence-corrected chi connectivity index (χ1v) is 8.82. The molecule has 0 saturated heterocycles. The van der Waals surface area contributed by atoms with Gasteiger partial charge in [0, 0.05) is 11.9 Å². The van der Waals surface area contributed by atoms with E-state index < -0.39 is 23.4 Å². The molecule has 0 spiro atoms. The molecule has 0 unspecified atom stereocenters. The van der Waals surface area contributed by atoms with Gasteiger partial charge in [0.1, 0.15) is 17.3 Å². The van der Waals surface area contributed by atoms with E-state index in [1.165, 1.54) is 48.5 Å². The van der Waals surface area contributed by atoms with Gasteiger partial charge in [0.15, 0.2) is 0 Å². The van der Waals surface area contributed by atoms with Crippen molar-refractivity contribution in [3.05, 3.63) is 102 Å². The van der Waals surface area contributed by atoms with Crippen molar-refractivity contribution >= 4 is 23.1 Å². The van der Waals surface area contributed by atoms with Crippen LogP contribution in [0.4, 0.5) is 14.5 Å². The molecule has 0 atom stereocenters. The molecule has 5 nitrogen and oxygen atoms in total. The number of anilines is 1. The quantitative estimate of drug-likeness (QED) is 0.673. The van der Waals surface area contributed by atoms with E-state index in [-0.39, 0.29) is 17.8 Å². The lowest BCUT2D eigenvalue weighted by Gasteiger charge is -2.14. The van der Waals surface area contributed by atoms with Crippen LogP contribution in [0.3, 0.4) is 0 Å². The number of amides is 2. The van der Waals surface area contributed by atoms with Gasteiger partial charge in [0.05, 0.1) is 17.8 Å². The fourth-order valence-corrected chi connectivity index (χ4v) is 3.05. The van der Waals surface area contributed by atoms with Crippen molar-refractivity contribution in [2.75, 3.05) is 5.32 Å². The van der Waals surface area contributed by atoms with E-state index in [9.17, 15) is 18.4 Å². The Morgan fingerprint density at radius 3 is 2.10 bits per heavy atom. The van der Waals surface area contributed by atoms with Gasteiger partial charge in [-0.1, -0.05) is 18.2 Å². The van der Waals surface area contributed by atoms with Gasteiger partial charge in [-0.3, -0.25) is 19.5 Å². The molecule has 144 valence electrons. The summed E-state index contributed by atoms with van der Waals surface area (Å²) >= 11 is 0. The molecule has 0 radical (unpaired) electrons. The third-order valence-corrected chi connectivity index (χ3v) is 4.46. The van der Waals surface area contributed by atoms with Crippen LogP contribution >= 0.6 is 0 Å². The Balaban J connectivity index is 1.74. The van der Waals surface area contributed by atoms with Crippen molar-refractivity contribution in [2.24, 2.45) is 0 Å². The van der Waals surface area contributed by atoms with Crippen LogP contribution in [0.25, 0.3) is 5.57 Å². The first-order chi connectivity index (χ1) is 14.0. The summed E-state index contributed by atoms with van der Waals surface area (Å²) in [5.41, 5.74) is 1.56. The lowest BCUT2D eigenvalue weighted by molar-refractivity contribution is -0.137. The number of pyridine rings is 1. The monoisotopic (exact) mass is 391 g/mol. The van der Waals surface area contributed by atoms with Crippen LogP contribution in [-0.2, 0) is 16.1 Å². The van der Waals surface area contributed by atoms with Gasteiger partial charge < -0.3 is 5.32 Å². The maximum absolute atomic E-state index is 13.4. The number of carbonyl (C=O) groups is 2. The van der Waals surface area contributed by atoms with Crippen LogP contribution in [0, 0.1) is 11.6 Å². The van der Waals surface area contributed by atoms with E-state index >= 15 is 0 Å². The predicted octanol–water partition coefficient (Wildman–Crippen LogP) is 3.75. The Kier molecular flexibility index (Phi) is 4.87. The average molecular weight is 391 g/mol. The minimum atomic E-state index is -0.538. The second kappa shape index (κ2) is 7.63. The second-order valence-electron chi connectivity index (χ2n) is 6.41. The standard InChI is InChI=1S/C22H15F2N3O2/c23-15-6-4-14(5-7-15)19-20(26-17-10-8-16(24)9-11-17)22(29)27(21(19)28)13-18-3-1-2-12-25-18/h1-12,26H,13H2. The summed E-state index contributed by atoms with van der Waals surface area (Å²) in [5, 5.41) is 2.91. The zero-order valence-corrected chi connectivity index (χ0v) is 15.1. The van der Waals surface area contributed by atoms with Gasteiger partial charge in [-0.15, -0.1) is 0 Å². The largest absolute Gasteiger partial charge is 0.350 e. The highest BCUT2D eigenvalue weighted by molar-refractivity contribution is 6.36. The van der Waals surface area contributed by atoms with Gasteiger partial charge in [-0.25, -0.2) is 8.78 Å². The van der Waals surface area contributed by atoms with Crippen molar-refractivity contribution in [3.8, 4) is 0 Å². The third kappa shape index (κ3) is 3.75. The second-order valence-corrected chi connectivity index (χ2v) is 6.41. The maximum Gasteiger partial charge on any atom is 0.278 e. The lowest BCUT2D eigenvalue weighted by Crippen LogP contribution is -2.32. The molecule has 0 fully saturated rings. The first kappa shape index (κ1) is 18.5. The number of carbonyl (C=O) groups excluding carboxylic acids is 2. The van der Waals surface area contributed by atoms with Crippen LogP contribution in [0.2, 0.25) is 0 Å². The Bertz CT molecular complexity index is 1100. The zero-order valence-electron chi connectivity index (χ0n) is 15.1. The molecule has 2 aromatic carbocycles. The highest BCUT2D eigenvalue weighted by Crippen LogP contribution is 2.31. The third-order valence-electron chi connectivity index (χ3n) is 4.46. The molecule has 0 saturated carbocycles. The molecule has 2 amide bonds. The highest BCUT2D eigenvalue weighted by Gasteiger charge is 2.39. The van der Waals surface area contributed by atoms with E-state index in [0.717, 1.165) is 4.90 Å². The Morgan fingerprint density at radius 2 is 1.48 bits per heavy atom. The summed E-state index contributed by atoms with van der Waals surface area (Å²) in [6.45, 7) is -0.00218. The van der Waals surface area contributed by atoms with E-state index in [4.69, 9.17) is 0 Å². The van der Waals surface area contributed by atoms with E-state index in [0.29, 0.717) is 16.9 Å². The molecule has 3 aromatic rings. The fraction of sp³-hybridized carbons (Fsp3) is 0.0455. The minimum Gasteiger partial charge on any atom is -0.350 e. The Labute approximate surface area is 165 Å². The molecule has 1 aliphatic rings. The smallest absolute Gasteiger partial charge is 0.278 e. The molecule has 2 heterocycles. The molecule has 29 heavy (non-hydrogen) atoms. The number of rotatable bonds is 5. The van der Waals surface area contributed by atoms with Crippen molar-refractivity contribution < 1.29 is 18.4 Å². The number of nitrogens with one attached hydrogen (secondary N) is 1. The fourth-order valence-electron chi connectivity index (χ4n) is 3.05. The molecular formula is C22H15F2N3O2. The number of nitrogens with zero attached hydrogens (tertiary/aromatic N) is 2. The summed E-state index contributed by atoms with van der Waals surface area (Å²) in [4.78, 5) is 31.4. The van der Waals surface area contributed by atoms with Gasteiger partial charge in [-0.05, 0) is 54.1 Å². The molecule has 1 aromatic heterocycles. The number of aromatic nitrogens is 1. The lowest BCUT2D eigenvalue weighted by atomic mass is 10.0. The maximum atomic E-state index is 13.4. The average Bonchev–Trinajstić information content (AvgIpc) is 2.95. The number of benzene rings is 2. The Morgan fingerprint density at radius 1 is 0.828 bits per heavy atom. The summed E-state index contributed by atoms with van der Waals surface area (Å²) < 4.78 is 26.6. The van der Waals surface area contributed by atoms with Gasteiger partial charge in [0.2, 0.25) is 0 Å². The normalized spacial score (nSPS) is 13.9. The van der Waals surface area contributed by atoms with Crippen molar-refractivity contribution in [2.45, 2.75) is 6.54 Å². The van der Waals surface area contributed by atoms with Crippen LogP contribution in [0.15, 0.2) is 78.6 Å². The molecular weight excluding hydrogens is 376 g/mol. The van der Waals surface area contributed by atoms with Crippen molar-refractivity contribution in [1.29, 1.82) is 0 Å². The summed E-state index contributed by atoms with van der Waals surface area (Å²) in [6.07, 6.45) is 1.58. The van der Waals surface area contributed by atoms with Crippen LogP contribution in [0.1, 0.15) is 11.3 Å². The van der Waals surface area contributed by atoms with Crippen LogP contribution in [0.5, 0.6) is 0 Å². The van der Waals surface area contributed by atoms with E-state index in [2.05, 4.69) is 10.3 Å². The van der Waals surface area contributed by atoms with E-state index in [1.807, 2.05) is 0 Å².